The Bertz CT molecular complexity index is 588. The van der Waals surface area contributed by atoms with Gasteiger partial charge in [-0.15, -0.1) is 0 Å². The third kappa shape index (κ3) is 2.38. The van der Waals surface area contributed by atoms with E-state index in [1.54, 1.807) is 23.9 Å². The molecule has 0 radical (unpaired) electrons. The van der Waals surface area contributed by atoms with Crippen LogP contribution in [-0.2, 0) is 18.3 Å². The third-order valence-electron chi connectivity index (χ3n) is 2.86. The first kappa shape index (κ1) is 12.6. The quantitative estimate of drug-likeness (QED) is 0.927. The van der Waals surface area contributed by atoms with Gasteiger partial charge in [0, 0.05) is 23.3 Å². The number of rotatable bonds is 3. The Kier molecular flexibility index (Phi) is 3.39. The highest BCUT2D eigenvalue weighted by atomic mass is 35.5. The van der Waals surface area contributed by atoms with Crippen LogP contribution in [0.5, 0.6) is 0 Å². The summed E-state index contributed by atoms with van der Waals surface area (Å²) in [5, 5.41) is 13.8. The number of hydrogen-bond acceptors (Lipinski definition) is 2. The lowest BCUT2D eigenvalue weighted by molar-refractivity contribution is -0.136. The number of nitrogens with zero attached hydrogens (tertiary/aromatic N) is 2. The van der Waals surface area contributed by atoms with Crippen molar-refractivity contribution in [3.63, 3.8) is 0 Å². The van der Waals surface area contributed by atoms with Crippen molar-refractivity contribution in [2.24, 2.45) is 7.05 Å². The van der Waals surface area contributed by atoms with Gasteiger partial charge in [0.15, 0.2) is 0 Å². The van der Waals surface area contributed by atoms with Gasteiger partial charge in [-0.1, -0.05) is 23.7 Å². The molecule has 0 fully saturated rings. The number of benzene rings is 1. The Morgan fingerprint density at radius 2 is 2.00 bits per heavy atom. The van der Waals surface area contributed by atoms with E-state index >= 15 is 0 Å². The molecule has 1 N–H and O–H groups in total. The number of hydrogen-bond donors (Lipinski definition) is 1. The molecular weight excluding hydrogens is 252 g/mol. The molecule has 0 unspecified atom stereocenters. The van der Waals surface area contributed by atoms with Crippen molar-refractivity contribution >= 4 is 17.6 Å². The van der Waals surface area contributed by atoms with E-state index in [1.165, 1.54) is 0 Å². The highest BCUT2D eigenvalue weighted by Crippen LogP contribution is 2.28. The fourth-order valence-electron chi connectivity index (χ4n) is 1.94. The highest BCUT2D eigenvalue weighted by Gasteiger charge is 2.16. The van der Waals surface area contributed by atoms with Crippen LogP contribution in [0.4, 0.5) is 0 Å². The molecule has 0 aliphatic heterocycles. The maximum atomic E-state index is 10.9. The van der Waals surface area contributed by atoms with Crippen LogP contribution in [-0.4, -0.2) is 20.9 Å². The van der Waals surface area contributed by atoms with Crippen molar-refractivity contribution in [2.75, 3.05) is 0 Å². The van der Waals surface area contributed by atoms with E-state index in [-0.39, 0.29) is 6.42 Å². The van der Waals surface area contributed by atoms with Gasteiger partial charge >= 0.3 is 5.97 Å². The first-order valence-electron chi connectivity index (χ1n) is 5.49. The van der Waals surface area contributed by atoms with Crippen molar-refractivity contribution < 1.29 is 9.90 Å². The molecule has 1 aromatic carbocycles. The number of carboxylic acid groups (broad SMARTS) is 1. The van der Waals surface area contributed by atoms with E-state index < -0.39 is 5.97 Å². The summed E-state index contributed by atoms with van der Waals surface area (Å²) < 4.78 is 1.70. The zero-order chi connectivity index (χ0) is 13.3. The molecule has 0 amide bonds. The van der Waals surface area contributed by atoms with Gasteiger partial charge in [-0.3, -0.25) is 9.48 Å². The normalized spacial score (nSPS) is 10.6. The maximum Gasteiger partial charge on any atom is 0.309 e. The molecule has 0 bridgehead atoms. The average Bonchev–Trinajstić information content (AvgIpc) is 2.55. The molecule has 4 nitrogen and oxygen atoms in total. The molecule has 0 aliphatic carbocycles. The van der Waals surface area contributed by atoms with Crippen LogP contribution in [0.1, 0.15) is 11.4 Å². The Morgan fingerprint density at radius 1 is 1.39 bits per heavy atom. The summed E-state index contributed by atoms with van der Waals surface area (Å²) in [5.41, 5.74) is 3.32. The lowest BCUT2D eigenvalue weighted by Crippen LogP contribution is -2.02. The summed E-state index contributed by atoms with van der Waals surface area (Å²) >= 11 is 5.85. The van der Waals surface area contributed by atoms with Crippen molar-refractivity contribution in [3.8, 4) is 11.1 Å². The van der Waals surface area contributed by atoms with Gasteiger partial charge in [0.2, 0.25) is 0 Å². The predicted molar refractivity (Wildman–Crippen MR) is 69.7 cm³/mol. The van der Waals surface area contributed by atoms with Gasteiger partial charge in [-0.05, 0) is 24.6 Å². The van der Waals surface area contributed by atoms with Crippen LogP contribution in [0.15, 0.2) is 24.3 Å². The van der Waals surface area contributed by atoms with Crippen LogP contribution < -0.4 is 0 Å². The van der Waals surface area contributed by atoms with Crippen molar-refractivity contribution in [2.45, 2.75) is 13.3 Å². The predicted octanol–water partition coefficient (Wildman–Crippen LogP) is 2.68. The fraction of sp³-hybridized carbons (Fsp3) is 0.231. The van der Waals surface area contributed by atoms with Crippen molar-refractivity contribution in [1.29, 1.82) is 0 Å². The topological polar surface area (TPSA) is 55.1 Å². The molecule has 2 rings (SSSR count). The minimum atomic E-state index is -0.886. The van der Waals surface area contributed by atoms with Gasteiger partial charge in [0.25, 0.3) is 0 Å². The van der Waals surface area contributed by atoms with E-state index in [0.717, 1.165) is 16.8 Å². The van der Waals surface area contributed by atoms with Crippen LogP contribution in [0, 0.1) is 6.92 Å². The molecule has 5 heteroatoms. The first-order chi connectivity index (χ1) is 8.49. The number of carboxylic acids is 1. The van der Waals surface area contributed by atoms with Crippen molar-refractivity contribution in [3.05, 3.63) is 40.7 Å². The van der Waals surface area contributed by atoms with E-state index in [1.807, 2.05) is 19.1 Å². The largest absolute Gasteiger partial charge is 0.481 e. The number of carbonyl (C=O) groups is 1. The van der Waals surface area contributed by atoms with Crippen LogP contribution in [0.2, 0.25) is 5.02 Å². The van der Waals surface area contributed by atoms with Crippen LogP contribution in [0.3, 0.4) is 0 Å². The summed E-state index contributed by atoms with van der Waals surface area (Å²) in [6.45, 7) is 1.92. The second-order valence-electron chi connectivity index (χ2n) is 4.11. The minimum absolute atomic E-state index is 0.0837. The smallest absolute Gasteiger partial charge is 0.309 e. The number of aromatic nitrogens is 2. The summed E-state index contributed by atoms with van der Waals surface area (Å²) in [7, 11) is 1.81. The number of aryl methyl sites for hydroxylation is 1. The zero-order valence-electron chi connectivity index (χ0n) is 10.1. The molecule has 94 valence electrons. The molecule has 18 heavy (non-hydrogen) atoms. The highest BCUT2D eigenvalue weighted by molar-refractivity contribution is 6.30. The second-order valence-corrected chi connectivity index (χ2v) is 4.54. The molecule has 2 aromatic rings. The number of halogens is 1. The summed E-state index contributed by atoms with van der Waals surface area (Å²) in [4.78, 5) is 10.9. The third-order valence-corrected chi connectivity index (χ3v) is 3.11. The molecule has 0 aliphatic rings. The second kappa shape index (κ2) is 4.82. The van der Waals surface area contributed by atoms with E-state index in [2.05, 4.69) is 5.10 Å². The summed E-state index contributed by atoms with van der Waals surface area (Å²) in [5.74, 6) is -0.886. The molecule has 1 heterocycles. The van der Waals surface area contributed by atoms with Crippen LogP contribution >= 0.6 is 11.6 Å². The standard InChI is InChI=1S/C13H13ClN2O2/c1-8-13(9-3-5-10(14)6-4-9)11(7-12(17)18)15-16(8)2/h3-6H,7H2,1-2H3,(H,17,18). The van der Waals surface area contributed by atoms with E-state index in [4.69, 9.17) is 16.7 Å². The monoisotopic (exact) mass is 264 g/mol. The number of aliphatic carboxylic acids is 1. The Labute approximate surface area is 110 Å². The first-order valence-corrected chi connectivity index (χ1v) is 5.87. The summed E-state index contributed by atoms with van der Waals surface area (Å²) in [6.07, 6.45) is -0.0837. The molecule has 0 spiro atoms. The van der Waals surface area contributed by atoms with Gasteiger partial charge in [-0.25, -0.2) is 0 Å². The Balaban J connectivity index is 2.54. The summed E-state index contributed by atoms with van der Waals surface area (Å²) in [6, 6.07) is 7.32. The van der Waals surface area contributed by atoms with Crippen molar-refractivity contribution in [1.82, 2.24) is 9.78 Å². The molecule has 0 saturated carbocycles. The minimum Gasteiger partial charge on any atom is -0.481 e. The van der Waals surface area contributed by atoms with Gasteiger partial charge < -0.3 is 5.11 Å². The fourth-order valence-corrected chi connectivity index (χ4v) is 2.06. The van der Waals surface area contributed by atoms with Gasteiger partial charge in [-0.2, -0.15) is 5.10 Å². The zero-order valence-corrected chi connectivity index (χ0v) is 10.9. The van der Waals surface area contributed by atoms with Gasteiger partial charge in [0.1, 0.15) is 0 Å². The van der Waals surface area contributed by atoms with Crippen LogP contribution in [0.25, 0.3) is 11.1 Å². The Morgan fingerprint density at radius 3 is 2.56 bits per heavy atom. The van der Waals surface area contributed by atoms with E-state index in [0.29, 0.717) is 10.7 Å². The molecule has 1 aromatic heterocycles. The maximum absolute atomic E-state index is 10.9. The lowest BCUT2D eigenvalue weighted by atomic mass is 10.0. The SMILES string of the molecule is Cc1c(-c2ccc(Cl)cc2)c(CC(=O)O)nn1C. The lowest BCUT2D eigenvalue weighted by Gasteiger charge is -2.03. The molecular formula is C13H13ClN2O2. The molecule has 0 saturated heterocycles. The molecule has 0 atom stereocenters. The average molecular weight is 265 g/mol. The van der Waals surface area contributed by atoms with E-state index in [9.17, 15) is 4.79 Å². The van der Waals surface area contributed by atoms with Gasteiger partial charge in [0.05, 0.1) is 12.1 Å². The Hall–Kier alpha value is -1.81.